The highest BCUT2D eigenvalue weighted by Crippen LogP contribution is 2.27. The zero-order valence-corrected chi connectivity index (χ0v) is 12.0. The number of anilines is 1. The third kappa shape index (κ3) is 3.95. The molecule has 1 aliphatic rings. The highest BCUT2D eigenvalue weighted by molar-refractivity contribution is 5.89. The molecule has 0 spiro atoms. The van der Waals surface area contributed by atoms with Crippen LogP contribution in [0.2, 0.25) is 0 Å². The van der Waals surface area contributed by atoms with Gasteiger partial charge in [-0.1, -0.05) is 12.1 Å². The maximum absolute atomic E-state index is 12.3. The van der Waals surface area contributed by atoms with Gasteiger partial charge in [0.1, 0.15) is 0 Å². The number of amides is 2. The first-order chi connectivity index (χ1) is 9.61. The Hall–Kier alpha value is -1.59. The summed E-state index contributed by atoms with van der Waals surface area (Å²) in [6.07, 6.45) is 1.58. The number of rotatable bonds is 6. The Morgan fingerprint density at radius 3 is 2.90 bits per heavy atom. The van der Waals surface area contributed by atoms with E-state index in [2.05, 4.69) is 5.32 Å². The van der Waals surface area contributed by atoms with Gasteiger partial charge in [0.2, 0.25) is 0 Å². The molecule has 1 atom stereocenters. The summed E-state index contributed by atoms with van der Waals surface area (Å²) in [6.45, 7) is 2.84. The van der Waals surface area contributed by atoms with Gasteiger partial charge in [-0.05, 0) is 37.5 Å². The molecule has 2 N–H and O–H groups in total. The molecule has 0 radical (unpaired) electrons. The first-order valence-electron chi connectivity index (χ1n) is 6.96. The van der Waals surface area contributed by atoms with Crippen LogP contribution < -0.4 is 5.32 Å². The normalized spacial score (nSPS) is 15.8. The van der Waals surface area contributed by atoms with Crippen LogP contribution in [0.4, 0.5) is 10.5 Å². The van der Waals surface area contributed by atoms with Crippen molar-refractivity contribution in [2.45, 2.75) is 31.9 Å². The highest BCUT2D eigenvalue weighted by Gasteiger charge is 2.32. The number of carbonyl (C=O) groups is 1. The fraction of sp³-hybridized carbons (Fsp3) is 0.533. The Morgan fingerprint density at radius 2 is 2.30 bits per heavy atom. The van der Waals surface area contributed by atoms with Crippen LogP contribution in [0.15, 0.2) is 24.3 Å². The molecule has 1 aromatic carbocycles. The van der Waals surface area contributed by atoms with Crippen molar-refractivity contribution in [1.29, 1.82) is 0 Å². The molecule has 5 heteroatoms. The highest BCUT2D eigenvalue weighted by atomic mass is 16.5. The fourth-order valence-electron chi connectivity index (χ4n) is 2.10. The van der Waals surface area contributed by atoms with Crippen molar-refractivity contribution in [2.24, 2.45) is 0 Å². The van der Waals surface area contributed by atoms with Gasteiger partial charge in [0.25, 0.3) is 0 Å². The summed E-state index contributed by atoms with van der Waals surface area (Å²) in [7, 11) is 1.63. The van der Waals surface area contributed by atoms with Gasteiger partial charge in [-0.2, -0.15) is 0 Å². The van der Waals surface area contributed by atoms with E-state index < -0.39 is 6.10 Å². The SMILES string of the molecule is COCCN(C(=O)Nc1cccc(C(C)O)c1)C1CC1. The standard InChI is InChI=1S/C15H22N2O3/c1-11(18)12-4-3-5-13(10-12)16-15(19)17(8-9-20-2)14-6-7-14/h3-5,10-11,14,18H,6-9H2,1-2H3,(H,16,19). The van der Waals surface area contributed by atoms with E-state index in [9.17, 15) is 9.90 Å². The Bertz CT molecular complexity index is 458. The summed E-state index contributed by atoms with van der Waals surface area (Å²) in [5, 5.41) is 12.5. The summed E-state index contributed by atoms with van der Waals surface area (Å²) in [6, 6.07) is 7.52. The first kappa shape index (κ1) is 14.8. The van der Waals surface area contributed by atoms with Crippen LogP contribution in [0.3, 0.4) is 0 Å². The molecule has 2 rings (SSSR count). The van der Waals surface area contributed by atoms with Gasteiger partial charge >= 0.3 is 6.03 Å². The van der Waals surface area contributed by atoms with Gasteiger partial charge in [0.15, 0.2) is 0 Å². The van der Waals surface area contributed by atoms with Crippen LogP contribution >= 0.6 is 0 Å². The Kier molecular flexibility index (Phi) is 4.98. The number of nitrogens with one attached hydrogen (secondary N) is 1. The average Bonchev–Trinajstić information content (AvgIpc) is 3.24. The van der Waals surface area contributed by atoms with Crippen molar-refractivity contribution in [1.82, 2.24) is 4.90 Å². The molecule has 1 aliphatic carbocycles. The second-order valence-electron chi connectivity index (χ2n) is 5.15. The topological polar surface area (TPSA) is 61.8 Å². The molecule has 2 amide bonds. The van der Waals surface area contributed by atoms with Crippen LogP contribution in [-0.4, -0.2) is 42.3 Å². The molecule has 0 aromatic heterocycles. The molecule has 20 heavy (non-hydrogen) atoms. The molecule has 0 bridgehead atoms. The minimum absolute atomic E-state index is 0.104. The molecule has 1 unspecified atom stereocenters. The van der Waals surface area contributed by atoms with Crippen molar-refractivity contribution in [3.05, 3.63) is 29.8 Å². The van der Waals surface area contributed by atoms with E-state index in [-0.39, 0.29) is 6.03 Å². The summed E-state index contributed by atoms with van der Waals surface area (Å²) in [4.78, 5) is 14.1. The lowest BCUT2D eigenvalue weighted by Crippen LogP contribution is -2.39. The van der Waals surface area contributed by atoms with Gasteiger partial charge in [-0.3, -0.25) is 0 Å². The minimum atomic E-state index is -0.542. The van der Waals surface area contributed by atoms with Gasteiger partial charge in [-0.15, -0.1) is 0 Å². The Labute approximate surface area is 119 Å². The molecule has 110 valence electrons. The molecule has 5 nitrogen and oxygen atoms in total. The van der Waals surface area contributed by atoms with E-state index in [0.717, 1.165) is 18.4 Å². The summed E-state index contributed by atoms with van der Waals surface area (Å²) >= 11 is 0. The number of benzene rings is 1. The second kappa shape index (κ2) is 6.72. The number of carbonyl (C=O) groups excluding carboxylic acids is 1. The lowest BCUT2D eigenvalue weighted by atomic mass is 10.1. The molecule has 0 saturated heterocycles. The molecular formula is C15H22N2O3. The number of hydrogen-bond donors (Lipinski definition) is 2. The number of nitrogens with zero attached hydrogens (tertiary/aromatic N) is 1. The average molecular weight is 278 g/mol. The van der Waals surface area contributed by atoms with E-state index in [4.69, 9.17) is 4.74 Å². The van der Waals surface area contributed by atoms with E-state index >= 15 is 0 Å². The third-order valence-corrected chi connectivity index (χ3v) is 3.41. The predicted octanol–water partition coefficient (Wildman–Crippen LogP) is 2.38. The number of methoxy groups -OCH3 is 1. The number of urea groups is 1. The third-order valence-electron chi connectivity index (χ3n) is 3.41. The van der Waals surface area contributed by atoms with Crippen molar-refractivity contribution in [2.75, 3.05) is 25.6 Å². The van der Waals surface area contributed by atoms with Gasteiger partial charge in [0.05, 0.1) is 12.7 Å². The maximum atomic E-state index is 12.3. The predicted molar refractivity (Wildman–Crippen MR) is 77.7 cm³/mol. The molecule has 0 aliphatic heterocycles. The fourth-order valence-corrected chi connectivity index (χ4v) is 2.10. The van der Waals surface area contributed by atoms with Gasteiger partial charge in [-0.25, -0.2) is 4.79 Å². The number of hydrogen-bond acceptors (Lipinski definition) is 3. The molecule has 1 fully saturated rings. The lowest BCUT2D eigenvalue weighted by Gasteiger charge is -2.22. The van der Waals surface area contributed by atoms with E-state index in [1.54, 1.807) is 20.1 Å². The largest absolute Gasteiger partial charge is 0.389 e. The van der Waals surface area contributed by atoms with Crippen molar-refractivity contribution < 1.29 is 14.6 Å². The van der Waals surface area contributed by atoms with Crippen molar-refractivity contribution >= 4 is 11.7 Å². The lowest BCUT2D eigenvalue weighted by molar-refractivity contribution is 0.152. The van der Waals surface area contributed by atoms with Crippen LogP contribution in [0, 0.1) is 0 Å². The van der Waals surface area contributed by atoms with Crippen LogP contribution in [0.1, 0.15) is 31.4 Å². The Morgan fingerprint density at radius 1 is 1.55 bits per heavy atom. The van der Waals surface area contributed by atoms with Crippen molar-refractivity contribution in [3.63, 3.8) is 0 Å². The summed E-state index contributed by atoms with van der Waals surface area (Å²) in [5.41, 5.74) is 1.49. The molecular weight excluding hydrogens is 256 g/mol. The number of aliphatic hydroxyl groups is 1. The molecule has 0 heterocycles. The zero-order chi connectivity index (χ0) is 14.5. The monoisotopic (exact) mass is 278 g/mol. The Balaban J connectivity index is 2.00. The molecule has 1 aromatic rings. The summed E-state index contributed by atoms with van der Waals surface area (Å²) in [5.74, 6) is 0. The number of aliphatic hydroxyl groups excluding tert-OH is 1. The first-order valence-corrected chi connectivity index (χ1v) is 6.96. The smallest absolute Gasteiger partial charge is 0.322 e. The molecule has 1 saturated carbocycles. The van der Waals surface area contributed by atoms with E-state index in [1.807, 2.05) is 23.1 Å². The maximum Gasteiger partial charge on any atom is 0.322 e. The van der Waals surface area contributed by atoms with E-state index in [0.29, 0.717) is 24.9 Å². The number of ether oxygens (including phenoxy) is 1. The van der Waals surface area contributed by atoms with Crippen molar-refractivity contribution in [3.8, 4) is 0 Å². The van der Waals surface area contributed by atoms with Gasteiger partial charge < -0.3 is 20.1 Å². The van der Waals surface area contributed by atoms with E-state index in [1.165, 1.54) is 0 Å². The van der Waals surface area contributed by atoms with Crippen LogP contribution in [-0.2, 0) is 4.74 Å². The summed E-state index contributed by atoms with van der Waals surface area (Å²) < 4.78 is 5.05. The minimum Gasteiger partial charge on any atom is -0.389 e. The zero-order valence-electron chi connectivity index (χ0n) is 12.0. The van der Waals surface area contributed by atoms with Crippen LogP contribution in [0.25, 0.3) is 0 Å². The second-order valence-corrected chi connectivity index (χ2v) is 5.15. The van der Waals surface area contributed by atoms with Crippen LogP contribution in [0.5, 0.6) is 0 Å². The van der Waals surface area contributed by atoms with Gasteiger partial charge in [0, 0.05) is 25.4 Å². The quantitative estimate of drug-likeness (QED) is 0.840.